The normalized spacial score (nSPS) is 19.5. The van der Waals surface area contributed by atoms with Crippen molar-refractivity contribution in [3.05, 3.63) is 29.8 Å². The van der Waals surface area contributed by atoms with E-state index < -0.39 is 10.0 Å². The van der Waals surface area contributed by atoms with Gasteiger partial charge in [0.05, 0.1) is 10.5 Å². The van der Waals surface area contributed by atoms with Crippen LogP contribution >= 0.6 is 0 Å². The molecule has 0 spiro atoms. The van der Waals surface area contributed by atoms with E-state index in [1.165, 1.54) is 12.1 Å². The lowest BCUT2D eigenvalue weighted by Gasteiger charge is -2.36. The highest BCUT2D eigenvalue weighted by atomic mass is 32.2. The number of nitriles is 1. The van der Waals surface area contributed by atoms with Crippen LogP contribution in [0.4, 0.5) is 0 Å². The van der Waals surface area contributed by atoms with Gasteiger partial charge in [0.25, 0.3) is 0 Å². The van der Waals surface area contributed by atoms with E-state index >= 15 is 0 Å². The molecule has 0 bridgehead atoms. The third-order valence-corrected chi connectivity index (χ3v) is 6.46. The van der Waals surface area contributed by atoms with Gasteiger partial charge in [-0.1, -0.05) is 18.6 Å². The molecule has 24 heavy (non-hydrogen) atoms. The number of carbonyl (C=O) groups is 1. The molecule has 1 aliphatic heterocycles. The SMILES string of the molecule is N#Cc1ccccc1S(=O)(=O)NC1CCN(C(=O)C2CCC2)CC1. The van der Waals surface area contributed by atoms with Crippen molar-refractivity contribution in [3.8, 4) is 6.07 Å². The summed E-state index contributed by atoms with van der Waals surface area (Å²) in [4.78, 5) is 14.1. The van der Waals surface area contributed by atoms with E-state index in [9.17, 15) is 13.2 Å². The first-order valence-corrected chi connectivity index (χ1v) is 9.80. The molecular formula is C17H21N3O3S. The van der Waals surface area contributed by atoms with E-state index in [2.05, 4.69) is 4.72 Å². The van der Waals surface area contributed by atoms with Crippen LogP contribution < -0.4 is 4.72 Å². The maximum absolute atomic E-state index is 12.5. The first-order chi connectivity index (χ1) is 11.5. The number of piperidine rings is 1. The number of likely N-dealkylation sites (tertiary alicyclic amines) is 1. The molecule has 0 aromatic heterocycles. The lowest BCUT2D eigenvalue weighted by atomic mass is 9.84. The molecule has 2 fully saturated rings. The highest BCUT2D eigenvalue weighted by Crippen LogP contribution is 2.29. The van der Waals surface area contributed by atoms with Crippen LogP contribution in [0.25, 0.3) is 0 Å². The van der Waals surface area contributed by atoms with Crippen molar-refractivity contribution in [2.45, 2.75) is 43.0 Å². The number of rotatable bonds is 4. The number of amides is 1. The monoisotopic (exact) mass is 347 g/mol. The number of nitrogens with zero attached hydrogens (tertiary/aromatic N) is 2. The van der Waals surface area contributed by atoms with Crippen molar-refractivity contribution in [1.29, 1.82) is 5.26 Å². The summed E-state index contributed by atoms with van der Waals surface area (Å²) in [6, 6.07) is 7.90. The summed E-state index contributed by atoms with van der Waals surface area (Å²) in [5.41, 5.74) is 0.141. The first kappa shape index (κ1) is 16.9. The van der Waals surface area contributed by atoms with Crippen LogP contribution in [0.3, 0.4) is 0 Å². The molecule has 1 heterocycles. The molecule has 1 aromatic rings. The van der Waals surface area contributed by atoms with Gasteiger partial charge in [-0.25, -0.2) is 13.1 Å². The molecule has 1 aromatic carbocycles. The van der Waals surface area contributed by atoms with Gasteiger partial charge in [0.1, 0.15) is 6.07 Å². The van der Waals surface area contributed by atoms with Crippen molar-refractivity contribution >= 4 is 15.9 Å². The van der Waals surface area contributed by atoms with Gasteiger partial charge >= 0.3 is 0 Å². The van der Waals surface area contributed by atoms with Crippen molar-refractivity contribution in [2.75, 3.05) is 13.1 Å². The summed E-state index contributed by atoms with van der Waals surface area (Å²) in [5, 5.41) is 9.08. The Kier molecular flexibility index (Phi) is 4.88. The largest absolute Gasteiger partial charge is 0.342 e. The highest BCUT2D eigenvalue weighted by molar-refractivity contribution is 7.89. The Morgan fingerprint density at radius 2 is 1.83 bits per heavy atom. The molecule has 0 radical (unpaired) electrons. The predicted octanol–water partition coefficient (Wildman–Crippen LogP) is 1.63. The van der Waals surface area contributed by atoms with E-state index in [-0.39, 0.29) is 28.3 Å². The lowest BCUT2D eigenvalue weighted by molar-refractivity contribution is -0.139. The number of sulfonamides is 1. The van der Waals surface area contributed by atoms with Crippen LogP contribution in [0.1, 0.15) is 37.7 Å². The fourth-order valence-corrected chi connectivity index (χ4v) is 4.67. The Bertz CT molecular complexity index is 758. The third kappa shape index (κ3) is 3.45. The number of benzene rings is 1. The highest BCUT2D eigenvalue weighted by Gasteiger charge is 2.33. The second kappa shape index (κ2) is 6.91. The molecule has 0 atom stereocenters. The van der Waals surface area contributed by atoms with E-state index in [4.69, 9.17) is 5.26 Å². The average molecular weight is 347 g/mol. The Morgan fingerprint density at radius 1 is 1.17 bits per heavy atom. The second-order valence-electron chi connectivity index (χ2n) is 6.46. The van der Waals surface area contributed by atoms with Gasteiger partial charge in [0.15, 0.2) is 0 Å². The standard InChI is InChI=1S/C17H21N3O3S/c18-12-14-4-1-2-7-16(14)24(22,23)19-15-8-10-20(11-9-15)17(21)13-5-3-6-13/h1-2,4,7,13,15,19H,3,5-6,8-11H2. The number of hydrogen-bond acceptors (Lipinski definition) is 4. The quantitative estimate of drug-likeness (QED) is 0.896. The molecule has 128 valence electrons. The molecular weight excluding hydrogens is 326 g/mol. The van der Waals surface area contributed by atoms with Crippen LogP contribution in [0.5, 0.6) is 0 Å². The van der Waals surface area contributed by atoms with Gasteiger partial charge < -0.3 is 4.90 Å². The molecule has 1 saturated carbocycles. The third-order valence-electron chi connectivity index (χ3n) is 4.88. The van der Waals surface area contributed by atoms with Crippen LogP contribution in [-0.2, 0) is 14.8 Å². The Labute approximate surface area is 142 Å². The van der Waals surface area contributed by atoms with Crippen LogP contribution in [0, 0.1) is 17.2 Å². The van der Waals surface area contributed by atoms with Crippen LogP contribution in [0.2, 0.25) is 0 Å². The Hall–Kier alpha value is -1.91. The van der Waals surface area contributed by atoms with Gasteiger partial charge in [-0.15, -0.1) is 0 Å². The molecule has 3 rings (SSSR count). The number of carbonyl (C=O) groups excluding carboxylic acids is 1. The minimum Gasteiger partial charge on any atom is -0.342 e. The minimum atomic E-state index is -3.73. The molecule has 1 saturated heterocycles. The molecule has 2 aliphatic rings. The van der Waals surface area contributed by atoms with Crippen molar-refractivity contribution in [2.24, 2.45) is 5.92 Å². The summed E-state index contributed by atoms with van der Waals surface area (Å²) in [6.45, 7) is 1.17. The topological polar surface area (TPSA) is 90.3 Å². The number of hydrogen-bond donors (Lipinski definition) is 1. The maximum atomic E-state index is 12.5. The fourth-order valence-electron chi connectivity index (χ4n) is 3.21. The lowest BCUT2D eigenvalue weighted by Crippen LogP contribution is -2.48. The first-order valence-electron chi connectivity index (χ1n) is 8.31. The summed E-state index contributed by atoms with van der Waals surface area (Å²) in [7, 11) is -3.73. The van der Waals surface area contributed by atoms with Gasteiger partial charge in [-0.3, -0.25) is 4.79 Å². The van der Waals surface area contributed by atoms with Gasteiger partial charge in [0.2, 0.25) is 15.9 Å². The molecule has 0 unspecified atom stereocenters. The summed E-state index contributed by atoms with van der Waals surface area (Å²) >= 11 is 0. The summed E-state index contributed by atoms with van der Waals surface area (Å²) in [5.74, 6) is 0.401. The van der Waals surface area contributed by atoms with E-state index in [1.54, 1.807) is 12.1 Å². The summed E-state index contributed by atoms with van der Waals surface area (Å²) < 4.78 is 27.7. The second-order valence-corrected chi connectivity index (χ2v) is 8.14. The zero-order valence-corrected chi connectivity index (χ0v) is 14.3. The smallest absolute Gasteiger partial charge is 0.242 e. The van der Waals surface area contributed by atoms with Gasteiger partial charge in [-0.2, -0.15) is 5.26 Å². The van der Waals surface area contributed by atoms with Crippen molar-refractivity contribution in [3.63, 3.8) is 0 Å². The van der Waals surface area contributed by atoms with E-state index in [0.29, 0.717) is 25.9 Å². The van der Waals surface area contributed by atoms with Crippen molar-refractivity contribution in [1.82, 2.24) is 9.62 Å². The maximum Gasteiger partial charge on any atom is 0.242 e. The van der Waals surface area contributed by atoms with E-state index in [0.717, 1.165) is 19.3 Å². The predicted molar refractivity (Wildman–Crippen MR) is 88.4 cm³/mol. The van der Waals surface area contributed by atoms with Gasteiger partial charge in [0, 0.05) is 25.0 Å². The average Bonchev–Trinajstić information content (AvgIpc) is 2.53. The molecule has 7 heteroatoms. The zero-order valence-electron chi connectivity index (χ0n) is 13.4. The molecule has 1 amide bonds. The summed E-state index contributed by atoms with van der Waals surface area (Å²) in [6.07, 6.45) is 4.30. The van der Waals surface area contributed by atoms with Crippen LogP contribution in [-0.4, -0.2) is 38.4 Å². The number of nitrogens with one attached hydrogen (secondary N) is 1. The molecule has 1 N–H and O–H groups in total. The minimum absolute atomic E-state index is 0.0143. The molecule has 6 nitrogen and oxygen atoms in total. The Balaban J connectivity index is 1.61. The fraction of sp³-hybridized carbons (Fsp3) is 0.529. The molecule has 1 aliphatic carbocycles. The Morgan fingerprint density at radius 3 is 2.42 bits per heavy atom. The van der Waals surface area contributed by atoms with Gasteiger partial charge in [-0.05, 0) is 37.8 Å². The van der Waals surface area contributed by atoms with Crippen LogP contribution in [0.15, 0.2) is 29.2 Å². The zero-order chi connectivity index (χ0) is 17.2. The van der Waals surface area contributed by atoms with E-state index in [1.807, 2.05) is 11.0 Å². The van der Waals surface area contributed by atoms with Crippen molar-refractivity contribution < 1.29 is 13.2 Å².